The Morgan fingerprint density at radius 2 is 2.05 bits per heavy atom. The first-order chi connectivity index (χ1) is 9.60. The summed E-state index contributed by atoms with van der Waals surface area (Å²) in [6.07, 6.45) is 5.35. The van der Waals surface area contributed by atoms with Gasteiger partial charge in [-0.1, -0.05) is 6.92 Å². The van der Waals surface area contributed by atoms with Crippen LogP contribution >= 0.6 is 0 Å². The number of hydrogen-bond donors (Lipinski definition) is 2. The van der Waals surface area contributed by atoms with Crippen LogP contribution in [0, 0.1) is 6.92 Å². The second-order valence-corrected chi connectivity index (χ2v) is 5.75. The topological polar surface area (TPSA) is 77.7 Å². The summed E-state index contributed by atoms with van der Waals surface area (Å²) in [5.74, 6) is 0.0332. The number of carbonyl (C=O) groups excluding carboxylic acids is 1. The van der Waals surface area contributed by atoms with Crippen LogP contribution in [0.15, 0.2) is 18.5 Å². The highest BCUT2D eigenvalue weighted by Crippen LogP contribution is 2.35. The minimum Gasteiger partial charge on any atom is -0.337 e. The summed E-state index contributed by atoms with van der Waals surface area (Å²) in [5.41, 5.74) is 3.03. The number of rotatable bonds is 2. The summed E-state index contributed by atoms with van der Waals surface area (Å²) >= 11 is 0. The molecule has 106 valence electrons. The fraction of sp³-hybridized carbons (Fsp3) is 0.500. The summed E-state index contributed by atoms with van der Waals surface area (Å²) in [5, 5.41) is 13.8. The van der Waals surface area contributed by atoms with Gasteiger partial charge in [0.2, 0.25) is 0 Å². The smallest absolute Gasteiger partial charge is 0.271 e. The third kappa shape index (κ3) is 2.11. The number of aromatic nitrogens is 4. The van der Waals surface area contributed by atoms with E-state index in [9.17, 15) is 4.79 Å². The molecule has 0 atom stereocenters. The molecule has 1 aliphatic rings. The van der Waals surface area contributed by atoms with Crippen LogP contribution in [-0.2, 0) is 5.41 Å². The fourth-order valence-electron chi connectivity index (χ4n) is 2.96. The third-order valence-corrected chi connectivity index (χ3v) is 4.32. The summed E-state index contributed by atoms with van der Waals surface area (Å²) in [4.78, 5) is 14.1. The first-order valence-electron chi connectivity index (χ1n) is 6.89. The summed E-state index contributed by atoms with van der Waals surface area (Å²) in [6.45, 7) is 5.83. The summed E-state index contributed by atoms with van der Waals surface area (Å²) in [6, 6.07) is 1.72. The highest BCUT2D eigenvalue weighted by Gasteiger charge is 2.35. The van der Waals surface area contributed by atoms with Crippen molar-refractivity contribution in [1.29, 1.82) is 0 Å². The summed E-state index contributed by atoms with van der Waals surface area (Å²) in [7, 11) is 0. The average molecular weight is 273 g/mol. The predicted octanol–water partition coefficient (Wildman–Crippen LogP) is 1.64. The monoisotopic (exact) mass is 273 g/mol. The molecule has 1 aliphatic heterocycles. The van der Waals surface area contributed by atoms with Gasteiger partial charge in [0.1, 0.15) is 5.69 Å². The van der Waals surface area contributed by atoms with E-state index in [1.807, 2.05) is 11.1 Å². The standard InChI is InChI=1S/C14H19N5O/c1-10-9-16-18-12(10)14(2)4-7-19(8-5-14)13(20)11-3-6-15-17-11/h3,6,9H,4-5,7-8H2,1-2H3,(H,15,17)(H,16,18). The third-order valence-electron chi connectivity index (χ3n) is 4.32. The molecular weight excluding hydrogens is 254 g/mol. The molecule has 2 N–H and O–H groups in total. The van der Waals surface area contributed by atoms with E-state index in [2.05, 4.69) is 34.2 Å². The number of likely N-dealkylation sites (tertiary alicyclic amines) is 1. The lowest BCUT2D eigenvalue weighted by molar-refractivity contribution is 0.0667. The van der Waals surface area contributed by atoms with Crippen molar-refractivity contribution in [2.24, 2.45) is 0 Å². The Bertz CT molecular complexity index is 593. The lowest BCUT2D eigenvalue weighted by Gasteiger charge is -2.39. The minimum atomic E-state index is 0.0332. The molecule has 6 nitrogen and oxygen atoms in total. The number of amides is 1. The molecule has 2 aromatic rings. The zero-order valence-corrected chi connectivity index (χ0v) is 11.8. The van der Waals surface area contributed by atoms with Crippen LogP contribution in [0.4, 0.5) is 0 Å². The van der Waals surface area contributed by atoms with Crippen LogP contribution in [0.1, 0.15) is 41.5 Å². The SMILES string of the molecule is Cc1cn[nH]c1C1(C)CCN(C(=O)c2ccn[nH]2)CC1. The lowest BCUT2D eigenvalue weighted by atomic mass is 9.76. The summed E-state index contributed by atoms with van der Waals surface area (Å²) < 4.78 is 0. The second-order valence-electron chi connectivity index (χ2n) is 5.75. The van der Waals surface area contributed by atoms with Gasteiger partial charge in [0.05, 0.1) is 6.20 Å². The molecule has 6 heteroatoms. The Labute approximate surface area is 117 Å². The number of nitrogens with one attached hydrogen (secondary N) is 2. The van der Waals surface area contributed by atoms with Crippen LogP contribution in [0.2, 0.25) is 0 Å². The van der Waals surface area contributed by atoms with Crippen LogP contribution in [0.25, 0.3) is 0 Å². The molecule has 0 saturated carbocycles. The fourth-order valence-corrected chi connectivity index (χ4v) is 2.96. The molecule has 1 saturated heterocycles. The van der Waals surface area contributed by atoms with E-state index in [1.54, 1.807) is 12.3 Å². The van der Waals surface area contributed by atoms with Crippen molar-refractivity contribution in [3.63, 3.8) is 0 Å². The Morgan fingerprint density at radius 1 is 1.30 bits per heavy atom. The number of H-pyrrole nitrogens is 2. The van der Waals surface area contributed by atoms with Gasteiger partial charge >= 0.3 is 0 Å². The van der Waals surface area contributed by atoms with Crippen molar-refractivity contribution in [1.82, 2.24) is 25.3 Å². The van der Waals surface area contributed by atoms with E-state index >= 15 is 0 Å². The van der Waals surface area contributed by atoms with Crippen LogP contribution in [0.3, 0.4) is 0 Å². The van der Waals surface area contributed by atoms with Gasteiger partial charge in [-0.25, -0.2) is 0 Å². The Kier molecular flexibility index (Phi) is 3.08. The second kappa shape index (κ2) is 4.77. The molecule has 0 aliphatic carbocycles. The lowest BCUT2D eigenvalue weighted by Crippen LogP contribution is -2.44. The van der Waals surface area contributed by atoms with Crippen LogP contribution in [-0.4, -0.2) is 44.3 Å². The van der Waals surface area contributed by atoms with Crippen molar-refractivity contribution in [2.75, 3.05) is 13.1 Å². The molecule has 1 fully saturated rings. The molecular formula is C14H19N5O. The van der Waals surface area contributed by atoms with Gasteiger partial charge < -0.3 is 4.90 Å². The molecule has 1 amide bonds. The van der Waals surface area contributed by atoms with E-state index in [4.69, 9.17) is 0 Å². The maximum absolute atomic E-state index is 12.3. The zero-order valence-electron chi connectivity index (χ0n) is 11.8. The van der Waals surface area contributed by atoms with Gasteiger partial charge in [0, 0.05) is 30.4 Å². The number of carbonyl (C=O) groups is 1. The highest BCUT2D eigenvalue weighted by molar-refractivity contribution is 5.92. The minimum absolute atomic E-state index is 0.0332. The van der Waals surface area contributed by atoms with Gasteiger partial charge in [0.15, 0.2) is 0 Å². The van der Waals surface area contributed by atoms with Crippen molar-refractivity contribution >= 4 is 5.91 Å². The number of aromatic amines is 2. The van der Waals surface area contributed by atoms with Gasteiger partial charge in [-0.3, -0.25) is 15.0 Å². The largest absolute Gasteiger partial charge is 0.337 e. The van der Waals surface area contributed by atoms with Gasteiger partial charge in [-0.2, -0.15) is 10.2 Å². The molecule has 20 heavy (non-hydrogen) atoms. The number of piperidine rings is 1. The normalized spacial score (nSPS) is 18.2. The van der Waals surface area contributed by atoms with Crippen molar-refractivity contribution in [3.05, 3.63) is 35.4 Å². The molecule has 3 heterocycles. The van der Waals surface area contributed by atoms with E-state index in [0.29, 0.717) is 5.69 Å². The maximum Gasteiger partial charge on any atom is 0.271 e. The first-order valence-corrected chi connectivity index (χ1v) is 6.89. The van der Waals surface area contributed by atoms with Crippen LogP contribution in [0.5, 0.6) is 0 Å². The van der Waals surface area contributed by atoms with E-state index in [-0.39, 0.29) is 11.3 Å². The Morgan fingerprint density at radius 3 is 2.60 bits per heavy atom. The maximum atomic E-state index is 12.3. The molecule has 0 radical (unpaired) electrons. The Balaban J connectivity index is 1.71. The van der Waals surface area contributed by atoms with Gasteiger partial charge in [-0.05, 0) is 31.4 Å². The molecule has 0 spiro atoms. The molecule has 2 aromatic heterocycles. The molecule has 0 unspecified atom stereocenters. The quantitative estimate of drug-likeness (QED) is 0.873. The van der Waals surface area contributed by atoms with E-state index in [1.165, 1.54) is 11.3 Å². The zero-order chi connectivity index (χ0) is 14.2. The highest BCUT2D eigenvalue weighted by atomic mass is 16.2. The number of nitrogens with zero attached hydrogens (tertiary/aromatic N) is 3. The molecule has 0 bridgehead atoms. The van der Waals surface area contributed by atoms with Crippen LogP contribution < -0.4 is 0 Å². The van der Waals surface area contributed by atoms with Gasteiger partial charge in [0.25, 0.3) is 5.91 Å². The van der Waals surface area contributed by atoms with Crippen molar-refractivity contribution in [2.45, 2.75) is 32.1 Å². The van der Waals surface area contributed by atoms with E-state index < -0.39 is 0 Å². The predicted molar refractivity (Wildman–Crippen MR) is 74.4 cm³/mol. The molecule has 3 rings (SSSR count). The Hall–Kier alpha value is -2.11. The number of aryl methyl sites for hydroxylation is 1. The van der Waals surface area contributed by atoms with Crippen molar-refractivity contribution in [3.8, 4) is 0 Å². The first kappa shape index (κ1) is 12.9. The van der Waals surface area contributed by atoms with Gasteiger partial charge in [-0.15, -0.1) is 0 Å². The average Bonchev–Trinajstić information content (AvgIpc) is 3.10. The number of hydrogen-bond acceptors (Lipinski definition) is 3. The molecule has 0 aromatic carbocycles. The van der Waals surface area contributed by atoms with Crippen molar-refractivity contribution < 1.29 is 4.79 Å². The van der Waals surface area contributed by atoms with E-state index in [0.717, 1.165) is 25.9 Å².